The molecule has 0 aliphatic rings. The van der Waals surface area contributed by atoms with Crippen LogP contribution in [0, 0.1) is 6.92 Å². The van der Waals surface area contributed by atoms with Gasteiger partial charge in [-0.2, -0.15) is 5.10 Å². The van der Waals surface area contributed by atoms with E-state index in [0.29, 0.717) is 19.0 Å². The third kappa shape index (κ3) is 5.51. The number of carbonyl (C=O) groups is 1. The largest absolute Gasteiger partial charge is 0.497 e. The maximum Gasteiger partial charge on any atom is 0.310 e. The maximum absolute atomic E-state index is 11.7. The van der Waals surface area contributed by atoms with E-state index in [0.717, 1.165) is 50.2 Å². The van der Waals surface area contributed by atoms with Crippen LogP contribution in [0.4, 0.5) is 5.82 Å². The van der Waals surface area contributed by atoms with E-state index in [1.165, 1.54) is 0 Å². The maximum atomic E-state index is 11.7. The molecule has 1 heterocycles. The van der Waals surface area contributed by atoms with Gasteiger partial charge in [-0.25, -0.2) is 0 Å². The van der Waals surface area contributed by atoms with E-state index < -0.39 is 0 Å². The van der Waals surface area contributed by atoms with Gasteiger partial charge in [0.1, 0.15) is 11.5 Å². The first kappa shape index (κ1) is 24.0. The van der Waals surface area contributed by atoms with Crippen LogP contribution in [0.5, 0.6) is 11.5 Å². The third-order valence-electron chi connectivity index (χ3n) is 5.85. The molecule has 4 aromatic rings. The highest BCUT2D eigenvalue weighted by Gasteiger charge is 2.11. The average Bonchev–Trinajstić information content (AvgIpc) is 2.88. The molecule has 0 saturated heterocycles. The van der Waals surface area contributed by atoms with Gasteiger partial charge in [0, 0.05) is 28.9 Å². The normalized spacial score (nSPS) is 10.7. The Morgan fingerprint density at radius 2 is 1.66 bits per heavy atom. The molecule has 1 aromatic heterocycles. The molecule has 7 nitrogen and oxygen atoms in total. The van der Waals surface area contributed by atoms with Gasteiger partial charge >= 0.3 is 5.97 Å². The van der Waals surface area contributed by atoms with Crippen LogP contribution in [0.15, 0.2) is 60.7 Å². The van der Waals surface area contributed by atoms with E-state index in [1.54, 1.807) is 14.2 Å². The quantitative estimate of drug-likeness (QED) is 0.330. The van der Waals surface area contributed by atoms with E-state index in [4.69, 9.17) is 14.2 Å². The number of carbonyl (C=O) groups excluding carboxylic acids is 1. The molecule has 3 aromatic carbocycles. The Morgan fingerprint density at radius 1 is 0.886 bits per heavy atom. The summed E-state index contributed by atoms with van der Waals surface area (Å²) in [7, 11) is 3.27. The molecule has 0 amide bonds. The van der Waals surface area contributed by atoms with Crippen molar-refractivity contribution in [1.29, 1.82) is 0 Å². The Bertz CT molecular complexity index is 1340. The SMILES string of the molecule is CCOC(=O)Cc1ccc(-c2ccc3c(NCc4ccc(OC)cc4OC)nnc(C)c3c2)cc1. The summed E-state index contributed by atoms with van der Waals surface area (Å²) in [5.74, 6) is 1.98. The van der Waals surface area contributed by atoms with Gasteiger partial charge in [-0.05, 0) is 54.8 Å². The number of aryl methyl sites for hydroxylation is 1. The molecule has 180 valence electrons. The number of nitrogens with zero attached hydrogens (tertiary/aromatic N) is 2. The number of hydrogen-bond acceptors (Lipinski definition) is 7. The monoisotopic (exact) mass is 471 g/mol. The summed E-state index contributed by atoms with van der Waals surface area (Å²) in [4.78, 5) is 11.7. The highest BCUT2D eigenvalue weighted by atomic mass is 16.5. The second-order valence-electron chi connectivity index (χ2n) is 8.10. The molecule has 0 aliphatic heterocycles. The first-order valence-corrected chi connectivity index (χ1v) is 11.5. The number of fused-ring (bicyclic) bond motifs is 1. The molecular formula is C28H29N3O4. The fourth-order valence-electron chi connectivity index (χ4n) is 3.96. The van der Waals surface area contributed by atoms with Gasteiger partial charge in [0.2, 0.25) is 0 Å². The number of benzene rings is 3. The highest BCUT2D eigenvalue weighted by molar-refractivity contribution is 5.95. The summed E-state index contributed by atoms with van der Waals surface area (Å²) >= 11 is 0. The molecule has 0 atom stereocenters. The van der Waals surface area contributed by atoms with Gasteiger partial charge in [-0.15, -0.1) is 5.10 Å². The minimum atomic E-state index is -0.215. The van der Waals surface area contributed by atoms with Crippen LogP contribution >= 0.6 is 0 Å². The summed E-state index contributed by atoms with van der Waals surface area (Å²) in [5.41, 5.74) is 4.90. The van der Waals surface area contributed by atoms with Crippen molar-refractivity contribution in [2.24, 2.45) is 0 Å². The lowest BCUT2D eigenvalue weighted by Gasteiger charge is -2.14. The number of esters is 1. The fourth-order valence-corrected chi connectivity index (χ4v) is 3.96. The van der Waals surface area contributed by atoms with Crippen LogP contribution in [0.25, 0.3) is 21.9 Å². The topological polar surface area (TPSA) is 82.6 Å². The minimum absolute atomic E-state index is 0.215. The fraction of sp³-hybridized carbons (Fsp3) is 0.250. The molecule has 0 spiro atoms. The molecular weight excluding hydrogens is 442 g/mol. The lowest BCUT2D eigenvalue weighted by Crippen LogP contribution is -2.07. The molecule has 0 unspecified atom stereocenters. The van der Waals surface area contributed by atoms with Gasteiger partial charge in [-0.1, -0.05) is 30.3 Å². The number of hydrogen-bond donors (Lipinski definition) is 1. The smallest absolute Gasteiger partial charge is 0.310 e. The zero-order valence-electron chi connectivity index (χ0n) is 20.4. The number of rotatable bonds is 9. The Kier molecular flexibility index (Phi) is 7.45. The van der Waals surface area contributed by atoms with Crippen LogP contribution in [-0.2, 0) is 22.5 Å². The van der Waals surface area contributed by atoms with Crippen molar-refractivity contribution in [3.63, 3.8) is 0 Å². The third-order valence-corrected chi connectivity index (χ3v) is 5.85. The van der Waals surface area contributed by atoms with Crippen molar-refractivity contribution in [1.82, 2.24) is 10.2 Å². The standard InChI is InChI=1S/C28H29N3O4/c1-5-35-27(32)14-19-6-8-20(9-7-19)21-11-13-24-25(15-21)18(2)30-31-28(24)29-17-22-10-12-23(33-3)16-26(22)34-4/h6-13,15-16H,5,14,17H2,1-4H3,(H,29,31). The number of ether oxygens (including phenoxy) is 3. The van der Waals surface area contributed by atoms with Crippen molar-refractivity contribution in [3.8, 4) is 22.6 Å². The first-order valence-electron chi connectivity index (χ1n) is 11.5. The van der Waals surface area contributed by atoms with Crippen molar-refractivity contribution >= 4 is 22.6 Å². The molecule has 35 heavy (non-hydrogen) atoms. The second kappa shape index (κ2) is 10.9. The van der Waals surface area contributed by atoms with Crippen LogP contribution in [0.1, 0.15) is 23.7 Å². The summed E-state index contributed by atoms with van der Waals surface area (Å²) in [5, 5.41) is 14.2. The number of nitrogens with one attached hydrogen (secondary N) is 1. The lowest BCUT2D eigenvalue weighted by atomic mass is 9.99. The van der Waals surface area contributed by atoms with Crippen molar-refractivity contribution in [3.05, 3.63) is 77.5 Å². The molecule has 0 saturated carbocycles. The van der Waals surface area contributed by atoms with E-state index in [-0.39, 0.29) is 12.4 Å². The van der Waals surface area contributed by atoms with E-state index in [2.05, 4.69) is 33.7 Å². The Hall–Kier alpha value is -4.13. The van der Waals surface area contributed by atoms with Crippen LogP contribution < -0.4 is 14.8 Å². The minimum Gasteiger partial charge on any atom is -0.497 e. The number of anilines is 1. The Labute approximate surface area is 205 Å². The van der Waals surface area contributed by atoms with Gasteiger partial charge in [0.05, 0.1) is 32.9 Å². The second-order valence-corrected chi connectivity index (χ2v) is 8.10. The highest BCUT2D eigenvalue weighted by Crippen LogP contribution is 2.30. The van der Waals surface area contributed by atoms with Crippen molar-refractivity contribution < 1.29 is 19.0 Å². The molecule has 0 aliphatic carbocycles. The molecule has 4 rings (SSSR count). The Balaban J connectivity index is 1.57. The zero-order chi connectivity index (χ0) is 24.8. The molecule has 7 heteroatoms. The predicted molar refractivity (Wildman–Crippen MR) is 137 cm³/mol. The zero-order valence-corrected chi connectivity index (χ0v) is 20.4. The van der Waals surface area contributed by atoms with Crippen molar-refractivity contribution in [2.75, 3.05) is 26.1 Å². The Morgan fingerprint density at radius 3 is 2.37 bits per heavy atom. The van der Waals surface area contributed by atoms with E-state index in [9.17, 15) is 4.79 Å². The van der Waals surface area contributed by atoms with E-state index >= 15 is 0 Å². The summed E-state index contributed by atoms with van der Waals surface area (Å²) in [6.07, 6.45) is 0.272. The lowest BCUT2D eigenvalue weighted by molar-refractivity contribution is -0.142. The van der Waals surface area contributed by atoms with Gasteiger partial charge in [0.25, 0.3) is 0 Å². The first-order chi connectivity index (χ1) is 17.0. The average molecular weight is 472 g/mol. The van der Waals surface area contributed by atoms with Gasteiger partial charge in [0.15, 0.2) is 5.82 Å². The van der Waals surface area contributed by atoms with Gasteiger partial charge < -0.3 is 19.5 Å². The van der Waals surface area contributed by atoms with Crippen LogP contribution in [0.3, 0.4) is 0 Å². The molecule has 0 bridgehead atoms. The summed E-state index contributed by atoms with van der Waals surface area (Å²) in [6.45, 7) is 4.69. The van der Waals surface area contributed by atoms with Gasteiger partial charge in [-0.3, -0.25) is 4.79 Å². The van der Waals surface area contributed by atoms with E-state index in [1.807, 2.05) is 56.3 Å². The molecule has 1 N–H and O–H groups in total. The molecule has 0 fully saturated rings. The number of methoxy groups -OCH3 is 2. The summed E-state index contributed by atoms with van der Waals surface area (Å²) in [6, 6.07) is 20.0. The van der Waals surface area contributed by atoms with Crippen LogP contribution in [-0.4, -0.2) is 37.0 Å². The molecule has 0 radical (unpaired) electrons. The summed E-state index contributed by atoms with van der Waals surface area (Å²) < 4.78 is 15.8. The predicted octanol–water partition coefficient (Wildman–Crippen LogP) is 5.34. The number of aromatic nitrogens is 2. The van der Waals surface area contributed by atoms with Crippen LogP contribution in [0.2, 0.25) is 0 Å². The van der Waals surface area contributed by atoms with Crippen molar-refractivity contribution in [2.45, 2.75) is 26.8 Å².